The zero-order valence-corrected chi connectivity index (χ0v) is 6.33. The van der Waals surface area contributed by atoms with Gasteiger partial charge in [-0.1, -0.05) is 6.08 Å². The van der Waals surface area contributed by atoms with E-state index in [9.17, 15) is 0 Å². The molecule has 0 aromatic carbocycles. The van der Waals surface area contributed by atoms with Gasteiger partial charge in [0.05, 0.1) is 0 Å². The fourth-order valence-corrected chi connectivity index (χ4v) is 0.554. The molecule has 0 unspecified atom stereocenters. The Hall–Kier alpha value is 0.0300. The molecule has 0 saturated heterocycles. The van der Waals surface area contributed by atoms with Crippen molar-refractivity contribution < 1.29 is 0 Å². The van der Waals surface area contributed by atoms with Crippen LogP contribution in [0, 0.1) is 0 Å². The molecular formula is C7H13Cl. The van der Waals surface area contributed by atoms with Gasteiger partial charge in [-0.15, -0.1) is 18.2 Å². The highest BCUT2D eigenvalue weighted by Gasteiger charge is 2.09. The molecule has 0 aromatic rings. The standard InChI is InChI=1S/C7H13Cl/c1-4-5-6-7(2,3)8/h4H,1,5-6H2,2-3H3. The molecule has 0 radical (unpaired) electrons. The average molecular weight is 133 g/mol. The molecule has 0 rings (SSSR count). The van der Waals surface area contributed by atoms with Gasteiger partial charge in [-0.3, -0.25) is 0 Å². The van der Waals surface area contributed by atoms with Crippen molar-refractivity contribution in [2.24, 2.45) is 0 Å². The van der Waals surface area contributed by atoms with Crippen molar-refractivity contribution in [3.63, 3.8) is 0 Å². The molecule has 0 aromatic heterocycles. The van der Waals surface area contributed by atoms with Gasteiger partial charge in [-0.05, 0) is 26.7 Å². The molecule has 0 amide bonds. The van der Waals surface area contributed by atoms with E-state index in [-0.39, 0.29) is 4.87 Å². The van der Waals surface area contributed by atoms with E-state index in [2.05, 4.69) is 6.58 Å². The molecule has 0 aliphatic rings. The molecule has 0 bridgehead atoms. The Labute approximate surface area is 56.5 Å². The van der Waals surface area contributed by atoms with Gasteiger partial charge in [0.15, 0.2) is 0 Å². The van der Waals surface area contributed by atoms with E-state index in [1.54, 1.807) is 0 Å². The normalized spacial score (nSPS) is 11.4. The zero-order chi connectivity index (χ0) is 6.62. The number of hydrogen-bond acceptors (Lipinski definition) is 0. The van der Waals surface area contributed by atoms with Crippen LogP contribution in [0.4, 0.5) is 0 Å². The maximum Gasteiger partial charge on any atom is 0.0393 e. The minimum atomic E-state index is -0.0474. The summed E-state index contributed by atoms with van der Waals surface area (Å²) in [6, 6.07) is 0. The number of allylic oxidation sites excluding steroid dienone is 1. The summed E-state index contributed by atoms with van der Waals surface area (Å²) in [5, 5.41) is 0. The minimum absolute atomic E-state index is 0.0474. The summed E-state index contributed by atoms with van der Waals surface area (Å²) in [6.45, 7) is 7.63. The van der Waals surface area contributed by atoms with Crippen LogP contribution in [-0.4, -0.2) is 4.87 Å². The maximum atomic E-state index is 5.86. The van der Waals surface area contributed by atoms with Crippen LogP contribution < -0.4 is 0 Å². The molecule has 0 aliphatic carbocycles. The first-order valence-electron chi connectivity index (χ1n) is 2.86. The number of hydrogen-bond donors (Lipinski definition) is 0. The third kappa shape index (κ3) is 6.03. The molecule has 0 nitrogen and oxygen atoms in total. The Morgan fingerprint density at radius 1 is 1.62 bits per heavy atom. The zero-order valence-electron chi connectivity index (χ0n) is 5.58. The molecule has 0 fully saturated rings. The highest BCUT2D eigenvalue weighted by Crippen LogP contribution is 2.19. The van der Waals surface area contributed by atoms with E-state index < -0.39 is 0 Å². The van der Waals surface area contributed by atoms with Crippen molar-refractivity contribution in [1.29, 1.82) is 0 Å². The lowest BCUT2D eigenvalue weighted by molar-refractivity contribution is 0.636. The van der Waals surface area contributed by atoms with Crippen LogP contribution in [0.5, 0.6) is 0 Å². The Bertz CT molecular complexity index is 68.9. The van der Waals surface area contributed by atoms with E-state index >= 15 is 0 Å². The third-order valence-corrected chi connectivity index (χ3v) is 1.13. The van der Waals surface area contributed by atoms with Crippen molar-refractivity contribution in [2.75, 3.05) is 0 Å². The summed E-state index contributed by atoms with van der Waals surface area (Å²) in [7, 11) is 0. The topological polar surface area (TPSA) is 0 Å². The second kappa shape index (κ2) is 3.13. The SMILES string of the molecule is C=CCCC(C)(C)Cl. The summed E-state index contributed by atoms with van der Waals surface area (Å²) in [6.07, 6.45) is 3.92. The minimum Gasteiger partial charge on any atom is -0.120 e. The van der Waals surface area contributed by atoms with Crippen molar-refractivity contribution in [1.82, 2.24) is 0 Å². The summed E-state index contributed by atoms with van der Waals surface area (Å²) >= 11 is 5.86. The molecule has 0 heterocycles. The molecule has 8 heavy (non-hydrogen) atoms. The highest BCUT2D eigenvalue weighted by molar-refractivity contribution is 6.23. The van der Waals surface area contributed by atoms with Crippen LogP contribution in [0.3, 0.4) is 0 Å². The number of halogens is 1. The second-order valence-electron chi connectivity index (χ2n) is 2.55. The highest BCUT2D eigenvalue weighted by atomic mass is 35.5. The van der Waals surface area contributed by atoms with E-state index in [1.807, 2.05) is 19.9 Å². The first-order chi connectivity index (χ1) is 3.56. The van der Waals surface area contributed by atoms with E-state index in [0.29, 0.717) is 0 Å². The van der Waals surface area contributed by atoms with Crippen LogP contribution in [-0.2, 0) is 0 Å². The lowest BCUT2D eigenvalue weighted by Crippen LogP contribution is -2.08. The van der Waals surface area contributed by atoms with Gasteiger partial charge in [0.1, 0.15) is 0 Å². The number of rotatable bonds is 3. The fraction of sp³-hybridized carbons (Fsp3) is 0.714. The number of alkyl halides is 1. The van der Waals surface area contributed by atoms with Gasteiger partial charge in [-0.25, -0.2) is 0 Å². The molecule has 0 spiro atoms. The van der Waals surface area contributed by atoms with E-state index in [4.69, 9.17) is 11.6 Å². The van der Waals surface area contributed by atoms with Gasteiger partial charge in [0, 0.05) is 4.87 Å². The molecular weight excluding hydrogens is 120 g/mol. The Kier molecular flexibility index (Phi) is 3.15. The van der Waals surface area contributed by atoms with Gasteiger partial charge >= 0.3 is 0 Å². The van der Waals surface area contributed by atoms with Gasteiger partial charge in [0.2, 0.25) is 0 Å². The fourth-order valence-electron chi connectivity index (χ4n) is 0.445. The molecule has 0 N–H and O–H groups in total. The predicted octanol–water partition coefficient (Wildman–Crippen LogP) is 2.97. The van der Waals surface area contributed by atoms with Crippen molar-refractivity contribution in [2.45, 2.75) is 31.6 Å². The largest absolute Gasteiger partial charge is 0.120 e. The molecule has 48 valence electrons. The lowest BCUT2D eigenvalue weighted by Gasteiger charge is -2.12. The molecule has 0 saturated carbocycles. The van der Waals surface area contributed by atoms with E-state index in [1.165, 1.54) is 0 Å². The third-order valence-electron chi connectivity index (χ3n) is 0.943. The van der Waals surface area contributed by atoms with Crippen LogP contribution in [0.1, 0.15) is 26.7 Å². The monoisotopic (exact) mass is 132 g/mol. The molecule has 1 heteroatoms. The first-order valence-corrected chi connectivity index (χ1v) is 3.24. The summed E-state index contributed by atoms with van der Waals surface area (Å²) in [4.78, 5) is -0.0474. The Balaban J connectivity index is 3.24. The van der Waals surface area contributed by atoms with Crippen LogP contribution >= 0.6 is 11.6 Å². The smallest absolute Gasteiger partial charge is 0.0393 e. The predicted molar refractivity (Wildman–Crippen MR) is 39.4 cm³/mol. The van der Waals surface area contributed by atoms with Gasteiger partial charge < -0.3 is 0 Å². The first kappa shape index (κ1) is 8.03. The lowest BCUT2D eigenvalue weighted by atomic mass is 10.1. The van der Waals surface area contributed by atoms with Crippen molar-refractivity contribution in [3.05, 3.63) is 12.7 Å². The molecule has 0 atom stereocenters. The van der Waals surface area contributed by atoms with Crippen LogP contribution in [0.25, 0.3) is 0 Å². The summed E-state index contributed by atoms with van der Waals surface area (Å²) < 4.78 is 0. The van der Waals surface area contributed by atoms with E-state index in [0.717, 1.165) is 12.8 Å². The van der Waals surface area contributed by atoms with Gasteiger partial charge in [0.25, 0.3) is 0 Å². The molecule has 0 aliphatic heterocycles. The quantitative estimate of drug-likeness (QED) is 0.409. The van der Waals surface area contributed by atoms with Gasteiger partial charge in [-0.2, -0.15) is 0 Å². The van der Waals surface area contributed by atoms with Crippen LogP contribution in [0.2, 0.25) is 0 Å². The summed E-state index contributed by atoms with van der Waals surface area (Å²) in [5.41, 5.74) is 0. The van der Waals surface area contributed by atoms with Crippen molar-refractivity contribution in [3.8, 4) is 0 Å². The average Bonchev–Trinajstić information content (AvgIpc) is 1.59. The maximum absolute atomic E-state index is 5.86. The van der Waals surface area contributed by atoms with Crippen molar-refractivity contribution >= 4 is 11.6 Å². The second-order valence-corrected chi connectivity index (χ2v) is 3.57. The Morgan fingerprint density at radius 3 is 2.25 bits per heavy atom. The van der Waals surface area contributed by atoms with Crippen LogP contribution in [0.15, 0.2) is 12.7 Å². The Morgan fingerprint density at radius 2 is 2.12 bits per heavy atom. The summed E-state index contributed by atoms with van der Waals surface area (Å²) in [5.74, 6) is 0.